The van der Waals surface area contributed by atoms with E-state index in [0.29, 0.717) is 35.5 Å². The van der Waals surface area contributed by atoms with Crippen LogP contribution in [0.15, 0.2) is 12.3 Å². The summed E-state index contributed by atoms with van der Waals surface area (Å²) in [7, 11) is 0. The van der Waals surface area contributed by atoms with Gasteiger partial charge >= 0.3 is 0 Å². The number of hydrogen-bond donors (Lipinski definition) is 0. The van der Waals surface area contributed by atoms with Crippen molar-refractivity contribution < 1.29 is 9.53 Å². The summed E-state index contributed by atoms with van der Waals surface area (Å²) >= 11 is 6.23. The Morgan fingerprint density at radius 2 is 1.84 bits per heavy atom. The van der Waals surface area contributed by atoms with Crippen molar-refractivity contribution in [2.75, 3.05) is 32.7 Å². The standard InChI is InChI=1S/C19H32ClN3O2/c1-7-22(8-2)9-10-23(13-14(3)4)19(24)16-11-17(20)18(21-12-16)25-15(5)6/h11-12,14-15H,7-10,13H2,1-6H3. The van der Waals surface area contributed by atoms with E-state index < -0.39 is 0 Å². The van der Waals surface area contributed by atoms with Crippen LogP contribution in [0, 0.1) is 5.92 Å². The molecule has 1 aromatic rings. The first-order valence-electron chi connectivity index (χ1n) is 9.12. The highest BCUT2D eigenvalue weighted by Gasteiger charge is 2.19. The number of carbonyl (C=O) groups excluding carboxylic acids is 1. The van der Waals surface area contributed by atoms with Crippen molar-refractivity contribution in [1.29, 1.82) is 0 Å². The van der Waals surface area contributed by atoms with Gasteiger partial charge in [0.05, 0.1) is 11.7 Å². The topological polar surface area (TPSA) is 45.7 Å². The van der Waals surface area contributed by atoms with Crippen molar-refractivity contribution in [2.24, 2.45) is 5.92 Å². The molecule has 1 amide bonds. The molecule has 0 aliphatic heterocycles. The lowest BCUT2D eigenvalue weighted by Crippen LogP contribution is -2.40. The lowest BCUT2D eigenvalue weighted by molar-refractivity contribution is 0.0716. The first-order valence-corrected chi connectivity index (χ1v) is 9.50. The van der Waals surface area contributed by atoms with Crippen molar-refractivity contribution >= 4 is 17.5 Å². The summed E-state index contributed by atoms with van der Waals surface area (Å²) in [6.07, 6.45) is 1.54. The zero-order chi connectivity index (χ0) is 19.0. The number of pyridine rings is 1. The monoisotopic (exact) mass is 369 g/mol. The van der Waals surface area contributed by atoms with Crippen LogP contribution in [-0.2, 0) is 0 Å². The summed E-state index contributed by atoms with van der Waals surface area (Å²) in [6.45, 7) is 16.5. The highest BCUT2D eigenvalue weighted by molar-refractivity contribution is 6.32. The minimum absolute atomic E-state index is 0.0157. The van der Waals surface area contributed by atoms with Gasteiger partial charge in [0.2, 0.25) is 5.88 Å². The van der Waals surface area contributed by atoms with E-state index in [9.17, 15) is 4.79 Å². The summed E-state index contributed by atoms with van der Waals surface area (Å²) in [5, 5.41) is 0.368. The van der Waals surface area contributed by atoms with Crippen LogP contribution < -0.4 is 4.74 Å². The van der Waals surface area contributed by atoms with E-state index in [4.69, 9.17) is 16.3 Å². The van der Waals surface area contributed by atoms with E-state index >= 15 is 0 Å². The largest absolute Gasteiger partial charge is 0.474 e. The molecule has 0 saturated heterocycles. The minimum Gasteiger partial charge on any atom is -0.474 e. The SMILES string of the molecule is CCN(CC)CCN(CC(C)C)C(=O)c1cnc(OC(C)C)c(Cl)c1. The molecule has 1 rings (SSSR count). The fraction of sp³-hybridized carbons (Fsp3) is 0.684. The zero-order valence-electron chi connectivity index (χ0n) is 16.4. The van der Waals surface area contributed by atoms with Crippen LogP contribution in [-0.4, -0.2) is 59.5 Å². The van der Waals surface area contributed by atoms with Crippen LogP contribution in [0.1, 0.15) is 51.9 Å². The fourth-order valence-corrected chi connectivity index (χ4v) is 2.76. The Kier molecular flexibility index (Phi) is 9.22. The number of hydrogen-bond acceptors (Lipinski definition) is 4. The Labute approximate surface area is 157 Å². The van der Waals surface area contributed by atoms with E-state index in [1.807, 2.05) is 18.7 Å². The molecule has 1 aromatic heterocycles. The van der Waals surface area contributed by atoms with Gasteiger partial charge in [-0.3, -0.25) is 4.79 Å². The second-order valence-electron chi connectivity index (χ2n) is 6.85. The van der Waals surface area contributed by atoms with Gasteiger partial charge in [-0.1, -0.05) is 39.3 Å². The van der Waals surface area contributed by atoms with Gasteiger partial charge in [0.15, 0.2) is 0 Å². The van der Waals surface area contributed by atoms with Crippen molar-refractivity contribution in [2.45, 2.75) is 47.6 Å². The molecule has 142 valence electrons. The molecule has 0 aliphatic carbocycles. The van der Waals surface area contributed by atoms with E-state index in [0.717, 1.165) is 19.6 Å². The molecule has 25 heavy (non-hydrogen) atoms. The third-order valence-electron chi connectivity index (χ3n) is 3.86. The van der Waals surface area contributed by atoms with Crippen LogP contribution in [0.5, 0.6) is 5.88 Å². The van der Waals surface area contributed by atoms with E-state index in [1.54, 1.807) is 12.3 Å². The maximum atomic E-state index is 12.9. The summed E-state index contributed by atoms with van der Waals surface area (Å²) in [5.41, 5.74) is 0.501. The third kappa shape index (κ3) is 7.20. The second kappa shape index (κ2) is 10.6. The number of likely N-dealkylation sites (N-methyl/N-ethyl adjacent to an activating group) is 1. The molecule has 5 nitrogen and oxygen atoms in total. The Balaban J connectivity index is 2.90. The lowest BCUT2D eigenvalue weighted by atomic mass is 10.1. The number of rotatable bonds is 10. The van der Waals surface area contributed by atoms with Crippen molar-refractivity contribution in [1.82, 2.24) is 14.8 Å². The summed E-state index contributed by atoms with van der Waals surface area (Å²) in [5.74, 6) is 0.728. The first kappa shape index (κ1) is 21.7. The van der Waals surface area contributed by atoms with Crippen LogP contribution in [0.2, 0.25) is 5.02 Å². The molecule has 0 unspecified atom stereocenters. The molecule has 6 heteroatoms. The first-order chi connectivity index (χ1) is 11.8. The average molecular weight is 370 g/mol. The number of ether oxygens (including phenoxy) is 1. The highest BCUT2D eigenvalue weighted by atomic mass is 35.5. The molecule has 0 fully saturated rings. The second-order valence-corrected chi connectivity index (χ2v) is 7.26. The normalized spacial score (nSPS) is 11.4. The van der Waals surface area contributed by atoms with Crippen LogP contribution >= 0.6 is 11.6 Å². The molecular weight excluding hydrogens is 338 g/mol. The molecule has 0 aromatic carbocycles. The number of carbonyl (C=O) groups is 1. The van der Waals surface area contributed by atoms with Gasteiger partial charge in [0.1, 0.15) is 5.02 Å². The maximum Gasteiger partial charge on any atom is 0.255 e. The van der Waals surface area contributed by atoms with Gasteiger partial charge in [-0.2, -0.15) is 0 Å². The van der Waals surface area contributed by atoms with Crippen LogP contribution in [0.4, 0.5) is 0 Å². The Hall–Kier alpha value is -1.33. The highest BCUT2D eigenvalue weighted by Crippen LogP contribution is 2.24. The van der Waals surface area contributed by atoms with E-state index in [-0.39, 0.29) is 12.0 Å². The van der Waals surface area contributed by atoms with E-state index in [1.165, 1.54) is 0 Å². The van der Waals surface area contributed by atoms with Gasteiger partial charge in [-0.15, -0.1) is 0 Å². The van der Waals surface area contributed by atoms with Gasteiger partial charge in [-0.05, 0) is 38.9 Å². The smallest absolute Gasteiger partial charge is 0.255 e. The van der Waals surface area contributed by atoms with Crippen molar-refractivity contribution in [3.8, 4) is 5.88 Å². The number of halogens is 1. The van der Waals surface area contributed by atoms with Gasteiger partial charge in [-0.25, -0.2) is 4.98 Å². The molecular formula is C19H32ClN3O2. The Morgan fingerprint density at radius 1 is 1.20 bits per heavy atom. The van der Waals surface area contributed by atoms with Gasteiger partial charge in [0, 0.05) is 25.8 Å². The van der Waals surface area contributed by atoms with Gasteiger partial charge in [0.25, 0.3) is 5.91 Å². The number of amides is 1. The fourth-order valence-electron chi connectivity index (χ4n) is 2.55. The predicted molar refractivity (Wildman–Crippen MR) is 104 cm³/mol. The summed E-state index contributed by atoms with van der Waals surface area (Å²) in [6, 6.07) is 1.65. The molecule has 0 atom stereocenters. The quantitative estimate of drug-likeness (QED) is 0.626. The summed E-state index contributed by atoms with van der Waals surface area (Å²) in [4.78, 5) is 21.3. The number of aromatic nitrogens is 1. The predicted octanol–water partition coefficient (Wildman–Crippen LogP) is 3.96. The van der Waals surface area contributed by atoms with E-state index in [2.05, 4.69) is 37.6 Å². The third-order valence-corrected chi connectivity index (χ3v) is 4.13. The molecule has 0 bridgehead atoms. The molecule has 0 N–H and O–H groups in total. The maximum absolute atomic E-state index is 12.9. The lowest BCUT2D eigenvalue weighted by Gasteiger charge is -2.28. The Morgan fingerprint density at radius 3 is 2.32 bits per heavy atom. The summed E-state index contributed by atoms with van der Waals surface area (Å²) < 4.78 is 5.54. The molecule has 0 aliphatic rings. The zero-order valence-corrected chi connectivity index (χ0v) is 17.1. The minimum atomic E-state index is -0.0358. The van der Waals surface area contributed by atoms with Crippen LogP contribution in [0.3, 0.4) is 0 Å². The Bertz CT molecular complexity index is 545. The molecule has 0 spiro atoms. The van der Waals surface area contributed by atoms with Gasteiger partial charge < -0.3 is 14.5 Å². The molecule has 1 heterocycles. The van der Waals surface area contributed by atoms with Crippen molar-refractivity contribution in [3.05, 3.63) is 22.8 Å². The number of nitrogens with zero attached hydrogens (tertiary/aromatic N) is 3. The average Bonchev–Trinajstić information content (AvgIpc) is 2.55. The van der Waals surface area contributed by atoms with Crippen LogP contribution in [0.25, 0.3) is 0 Å². The van der Waals surface area contributed by atoms with Crippen molar-refractivity contribution in [3.63, 3.8) is 0 Å². The molecule has 0 radical (unpaired) electrons. The molecule has 0 saturated carbocycles.